The van der Waals surface area contributed by atoms with Gasteiger partial charge in [0.15, 0.2) is 0 Å². The maximum Gasteiger partial charge on any atom is 2.00 e. The van der Waals surface area contributed by atoms with Crippen molar-refractivity contribution in [1.29, 1.82) is 0 Å². The van der Waals surface area contributed by atoms with Gasteiger partial charge in [-0.1, -0.05) is 36.4 Å². The van der Waals surface area contributed by atoms with Crippen molar-refractivity contribution in [3.8, 4) is 0 Å². The molecule has 0 atom stereocenters. The van der Waals surface area contributed by atoms with Gasteiger partial charge in [0.25, 0.3) is 0 Å². The van der Waals surface area contributed by atoms with Crippen LogP contribution >= 0.6 is 0 Å². The summed E-state index contributed by atoms with van der Waals surface area (Å²) in [4.78, 5) is 0. The van der Waals surface area contributed by atoms with Crippen LogP contribution in [0.2, 0.25) is 0 Å². The van der Waals surface area contributed by atoms with Crippen molar-refractivity contribution in [2.45, 2.75) is 0 Å². The first-order valence-electron chi connectivity index (χ1n) is 2.00. The van der Waals surface area contributed by atoms with Gasteiger partial charge in [0.1, 0.15) is 0 Å². The molecule has 0 spiro atoms. The van der Waals surface area contributed by atoms with Crippen LogP contribution in [0.15, 0.2) is 36.4 Å². The van der Waals surface area contributed by atoms with E-state index < -0.39 is 0 Å². The molecule has 0 aliphatic heterocycles. The van der Waals surface area contributed by atoms with Crippen molar-refractivity contribution in [1.82, 2.24) is 0 Å². The van der Waals surface area contributed by atoms with E-state index in [2.05, 4.69) is 0 Å². The summed E-state index contributed by atoms with van der Waals surface area (Å²) in [6, 6.07) is 12.0. The third-order valence-corrected chi connectivity index (χ3v) is 0.667. The minimum absolute atomic E-state index is 0. The third-order valence-electron chi connectivity index (χ3n) is 0.667. The molecule has 1 aromatic rings. The van der Waals surface area contributed by atoms with Crippen molar-refractivity contribution in [2.24, 2.45) is 0 Å². The Balaban J connectivity index is 0. The Kier molecular flexibility index (Phi) is 9.12. The Morgan fingerprint density at radius 2 is 0.625 bits per heavy atom. The van der Waals surface area contributed by atoms with E-state index in [1.165, 1.54) is 0 Å². The zero-order valence-electron chi connectivity index (χ0n) is 4.58. The fourth-order valence-electron chi connectivity index (χ4n) is 0.385. The van der Waals surface area contributed by atoms with Crippen LogP contribution in [-0.2, 0) is 25.0 Å². The topological polar surface area (TPSA) is 28.5 Å². The maximum absolute atomic E-state index is 2.00. The Labute approximate surface area is 61.8 Å². The molecule has 38 valence electrons. The molecule has 0 aromatic heterocycles. The first-order valence-corrected chi connectivity index (χ1v) is 2.00. The van der Waals surface area contributed by atoms with Gasteiger partial charge >= 0.3 is 19.5 Å². The van der Waals surface area contributed by atoms with Gasteiger partial charge in [0.2, 0.25) is 0 Å². The van der Waals surface area contributed by atoms with Crippen molar-refractivity contribution in [3.63, 3.8) is 0 Å². The van der Waals surface area contributed by atoms with Gasteiger partial charge < -0.3 is 5.48 Å². The van der Waals surface area contributed by atoms with E-state index in [1.54, 1.807) is 0 Å². The first-order chi connectivity index (χ1) is 3.00. The predicted octanol–water partition coefficient (Wildman–Crippen LogP) is 1.57. The first kappa shape index (κ1) is 10.7. The van der Waals surface area contributed by atoms with Crippen molar-refractivity contribution in [3.05, 3.63) is 36.4 Å². The summed E-state index contributed by atoms with van der Waals surface area (Å²) in [6.07, 6.45) is 0. The van der Waals surface area contributed by atoms with Gasteiger partial charge in [-0.25, -0.2) is 0 Å². The average Bonchev–Trinajstić information content (AvgIpc) is 1.72. The van der Waals surface area contributed by atoms with E-state index in [0.717, 1.165) is 0 Å². The van der Waals surface area contributed by atoms with E-state index in [1.807, 2.05) is 36.4 Å². The quantitative estimate of drug-likeness (QED) is 0.514. The molecule has 0 saturated carbocycles. The minimum Gasteiger partial charge on any atom is -2.00 e. The van der Waals surface area contributed by atoms with Crippen LogP contribution in [0.25, 0.3) is 0 Å². The molecule has 0 aliphatic rings. The summed E-state index contributed by atoms with van der Waals surface area (Å²) in [5, 5.41) is 0. The molecule has 0 N–H and O–H groups in total. The number of rotatable bonds is 0. The van der Waals surface area contributed by atoms with Crippen LogP contribution in [0, 0.1) is 0 Å². The standard InChI is InChI=1S/C6H6.O.Zn/c1-2-4-6-5-3-1;;/h1-6H;;/q;-2;+2. The van der Waals surface area contributed by atoms with E-state index in [4.69, 9.17) is 0 Å². The smallest absolute Gasteiger partial charge is 2.00 e. The van der Waals surface area contributed by atoms with Crippen molar-refractivity contribution >= 4 is 0 Å². The molecule has 2 heteroatoms. The van der Waals surface area contributed by atoms with Crippen LogP contribution in [-0.4, -0.2) is 0 Å². The normalized spacial score (nSPS) is 6.00. The van der Waals surface area contributed by atoms with Crippen molar-refractivity contribution < 1.29 is 25.0 Å². The maximum atomic E-state index is 2.00. The van der Waals surface area contributed by atoms with Gasteiger partial charge in [-0.3, -0.25) is 0 Å². The molecular formula is C6H6OZn. The second-order valence-electron chi connectivity index (χ2n) is 1.15. The zero-order chi connectivity index (χ0) is 4.24. The zero-order valence-corrected chi connectivity index (χ0v) is 7.55. The minimum atomic E-state index is 0. The molecule has 8 heavy (non-hydrogen) atoms. The third kappa shape index (κ3) is 3.98. The molecule has 0 radical (unpaired) electrons. The Morgan fingerprint density at radius 1 is 0.500 bits per heavy atom. The van der Waals surface area contributed by atoms with Crippen molar-refractivity contribution in [2.75, 3.05) is 0 Å². The van der Waals surface area contributed by atoms with Crippen LogP contribution < -0.4 is 0 Å². The van der Waals surface area contributed by atoms with E-state index >= 15 is 0 Å². The molecule has 0 fully saturated rings. The largest absolute Gasteiger partial charge is 2.00 e. The van der Waals surface area contributed by atoms with Crippen LogP contribution in [0.1, 0.15) is 0 Å². The molecule has 0 amide bonds. The molecular weight excluding hydrogens is 153 g/mol. The molecule has 0 bridgehead atoms. The molecule has 0 unspecified atom stereocenters. The Bertz CT molecular complexity index is 80.5. The summed E-state index contributed by atoms with van der Waals surface area (Å²) >= 11 is 0. The summed E-state index contributed by atoms with van der Waals surface area (Å²) in [6.45, 7) is 0. The van der Waals surface area contributed by atoms with Gasteiger partial charge in [-0.2, -0.15) is 0 Å². The number of benzene rings is 1. The van der Waals surface area contributed by atoms with E-state index in [-0.39, 0.29) is 25.0 Å². The Morgan fingerprint density at radius 3 is 0.750 bits per heavy atom. The van der Waals surface area contributed by atoms with Gasteiger partial charge in [0, 0.05) is 0 Å². The molecule has 0 heterocycles. The van der Waals surface area contributed by atoms with Gasteiger partial charge in [0.05, 0.1) is 0 Å². The fraction of sp³-hybridized carbons (Fsp3) is 0. The molecule has 1 rings (SSSR count). The van der Waals surface area contributed by atoms with Gasteiger partial charge in [-0.15, -0.1) is 0 Å². The molecule has 0 aliphatic carbocycles. The van der Waals surface area contributed by atoms with Crippen LogP contribution in [0.5, 0.6) is 0 Å². The monoisotopic (exact) mass is 158 g/mol. The fourth-order valence-corrected chi connectivity index (χ4v) is 0.385. The van der Waals surface area contributed by atoms with Gasteiger partial charge in [-0.05, 0) is 0 Å². The predicted molar refractivity (Wildman–Crippen MR) is 27.1 cm³/mol. The second-order valence-corrected chi connectivity index (χ2v) is 1.15. The van der Waals surface area contributed by atoms with Crippen LogP contribution in [0.4, 0.5) is 0 Å². The molecule has 0 saturated heterocycles. The number of hydrogen-bond donors (Lipinski definition) is 0. The molecule has 1 nitrogen and oxygen atoms in total. The Hall–Kier alpha value is -0.197. The van der Waals surface area contributed by atoms with Crippen LogP contribution in [0.3, 0.4) is 0 Å². The molecule has 1 aromatic carbocycles. The number of hydrogen-bond acceptors (Lipinski definition) is 0. The average molecular weight is 160 g/mol. The summed E-state index contributed by atoms with van der Waals surface area (Å²) in [7, 11) is 0. The van der Waals surface area contributed by atoms with E-state index in [9.17, 15) is 0 Å². The summed E-state index contributed by atoms with van der Waals surface area (Å²) in [5.74, 6) is 0. The SMILES string of the molecule is [O-2].[Zn+2].c1ccccc1. The summed E-state index contributed by atoms with van der Waals surface area (Å²) in [5.41, 5.74) is 0. The van der Waals surface area contributed by atoms with E-state index in [0.29, 0.717) is 0 Å². The second kappa shape index (κ2) is 6.80. The summed E-state index contributed by atoms with van der Waals surface area (Å²) < 4.78 is 0.